The standard InChI is InChI=1S/C20H26O3/c1-20-9-8-13-12-4-6-17-19(23-11-10-22-17)15(12)3-2-14(13)16(20)5-7-18(20)21/h4,6,13-14,16,18,21H,2-3,5,7-11H2,1H3/t13-,14-,16+,18+,20+/m1/s1. The largest absolute Gasteiger partial charge is 0.486 e. The van der Waals surface area contributed by atoms with Crippen LogP contribution < -0.4 is 9.47 Å². The first-order valence-electron chi connectivity index (χ1n) is 9.28. The van der Waals surface area contributed by atoms with E-state index in [1.54, 1.807) is 0 Å². The van der Waals surface area contributed by atoms with E-state index in [2.05, 4.69) is 19.1 Å². The first-order chi connectivity index (χ1) is 11.2. The van der Waals surface area contributed by atoms with Gasteiger partial charge >= 0.3 is 0 Å². The maximum atomic E-state index is 10.5. The van der Waals surface area contributed by atoms with Gasteiger partial charge in [-0.1, -0.05) is 13.0 Å². The van der Waals surface area contributed by atoms with Crippen LogP contribution in [0.2, 0.25) is 0 Å². The van der Waals surface area contributed by atoms with Crippen LogP contribution in [-0.4, -0.2) is 24.4 Å². The van der Waals surface area contributed by atoms with Crippen molar-refractivity contribution < 1.29 is 14.6 Å². The average molecular weight is 314 g/mol. The van der Waals surface area contributed by atoms with Gasteiger partial charge in [0.2, 0.25) is 0 Å². The molecule has 3 aliphatic carbocycles. The number of fused-ring (bicyclic) bond motifs is 7. The van der Waals surface area contributed by atoms with Gasteiger partial charge in [-0.25, -0.2) is 0 Å². The van der Waals surface area contributed by atoms with Gasteiger partial charge in [0.15, 0.2) is 11.5 Å². The van der Waals surface area contributed by atoms with Gasteiger partial charge in [0.1, 0.15) is 13.2 Å². The van der Waals surface area contributed by atoms with Crippen LogP contribution in [0.4, 0.5) is 0 Å². The second kappa shape index (κ2) is 4.89. The minimum absolute atomic E-state index is 0.0879. The van der Waals surface area contributed by atoms with Crippen molar-refractivity contribution in [3.05, 3.63) is 23.3 Å². The zero-order chi connectivity index (χ0) is 15.6. The van der Waals surface area contributed by atoms with Gasteiger partial charge < -0.3 is 14.6 Å². The smallest absolute Gasteiger partial charge is 0.164 e. The van der Waals surface area contributed by atoms with Crippen LogP contribution in [0.5, 0.6) is 11.5 Å². The number of aliphatic hydroxyl groups excluding tert-OH is 1. The van der Waals surface area contributed by atoms with E-state index in [1.165, 1.54) is 30.4 Å². The topological polar surface area (TPSA) is 38.7 Å². The highest BCUT2D eigenvalue weighted by Gasteiger charge is 2.54. The summed E-state index contributed by atoms with van der Waals surface area (Å²) in [5.74, 6) is 4.04. The molecule has 0 unspecified atom stereocenters. The third kappa shape index (κ3) is 1.86. The highest BCUT2D eigenvalue weighted by Crippen LogP contribution is 2.61. The zero-order valence-electron chi connectivity index (χ0n) is 13.9. The van der Waals surface area contributed by atoms with Crippen molar-refractivity contribution in [2.24, 2.45) is 17.3 Å². The number of hydrogen-bond donors (Lipinski definition) is 1. The van der Waals surface area contributed by atoms with Gasteiger partial charge in [0.05, 0.1) is 6.10 Å². The number of ether oxygens (including phenoxy) is 2. The van der Waals surface area contributed by atoms with Crippen LogP contribution in [0, 0.1) is 17.3 Å². The SMILES string of the molecule is C[C@]12CC[C@@H]3c4ccc5c(c4CC[C@H]3[C@@H]1CC[C@@H]2O)OCCO5. The number of rotatable bonds is 0. The lowest BCUT2D eigenvalue weighted by molar-refractivity contribution is -0.0228. The van der Waals surface area contributed by atoms with E-state index in [0.29, 0.717) is 25.0 Å². The molecule has 5 atom stereocenters. The summed E-state index contributed by atoms with van der Waals surface area (Å²) in [6, 6.07) is 4.42. The lowest BCUT2D eigenvalue weighted by Crippen LogP contribution is -2.44. The quantitative estimate of drug-likeness (QED) is 0.794. The van der Waals surface area contributed by atoms with Gasteiger partial charge in [0.25, 0.3) is 0 Å². The Labute approximate surface area is 138 Å². The summed E-state index contributed by atoms with van der Waals surface area (Å²) in [5.41, 5.74) is 3.08. The van der Waals surface area contributed by atoms with Crippen molar-refractivity contribution in [1.29, 1.82) is 0 Å². The Bertz CT molecular complexity index is 640. The molecule has 3 nitrogen and oxygen atoms in total. The van der Waals surface area contributed by atoms with Gasteiger partial charge in [-0.3, -0.25) is 0 Å². The van der Waals surface area contributed by atoms with E-state index in [-0.39, 0.29) is 11.5 Å². The molecule has 1 aromatic rings. The zero-order valence-corrected chi connectivity index (χ0v) is 13.9. The molecule has 0 bridgehead atoms. The summed E-state index contributed by atoms with van der Waals surface area (Å²) >= 11 is 0. The van der Waals surface area contributed by atoms with E-state index < -0.39 is 0 Å². The molecule has 2 fully saturated rings. The van der Waals surface area contributed by atoms with Gasteiger partial charge in [-0.05, 0) is 73.3 Å². The van der Waals surface area contributed by atoms with E-state index in [9.17, 15) is 5.11 Å². The monoisotopic (exact) mass is 314 g/mol. The van der Waals surface area contributed by atoms with Crippen LogP contribution in [0.1, 0.15) is 56.1 Å². The lowest BCUT2D eigenvalue weighted by Gasteiger charge is -2.50. The first-order valence-corrected chi connectivity index (χ1v) is 9.28. The predicted molar refractivity (Wildman–Crippen MR) is 88.1 cm³/mol. The van der Waals surface area contributed by atoms with Gasteiger partial charge in [-0.15, -0.1) is 0 Å². The maximum absolute atomic E-state index is 10.5. The first kappa shape index (κ1) is 14.2. The molecule has 1 aliphatic heterocycles. The van der Waals surface area contributed by atoms with Crippen LogP contribution in [0.25, 0.3) is 0 Å². The number of hydrogen-bond acceptors (Lipinski definition) is 3. The molecule has 0 radical (unpaired) electrons. The second-order valence-electron chi connectivity index (χ2n) is 8.21. The number of aliphatic hydroxyl groups is 1. The fourth-order valence-corrected chi connectivity index (χ4v) is 6.15. The van der Waals surface area contributed by atoms with E-state index in [1.807, 2.05) is 0 Å². The molecular weight excluding hydrogens is 288 g/mol. The predicted octanol–water partition coefficient (Wildman–Crippen LogP) is 3.67. The number of benzene rings is 1. The highest BCUT2D eigenvalue weighted by atomic mass is 16.6. The molecular formula is C20H26O3. The molecule has 1 aromatic carbocycles. The van der Waals surface area contributed by atoms with Crippen molar-refractivity contribution in [3.63, 3.8) is 0 Å². The Kier molecular flexibility index (Phi) is 3.01. The summed E-state index contributed by atoms with van der Waals surface area (Å²) in [6.07, 6.45) is 6.83. The molecule has 4 aliphatic rings. The third-order valence-electron chi connectivity index (χ3n) is 7.36. The van der Waals surface area contributed by atoms with E-state index >= 15 is 0 Å². The van der Waals surface area contributed by atoms with Crippen molar-refractivity contribution in [3.8, 4) is 11.5 Å². The van der Waals surface area contributed by atoms with Crippen LogP contribution in [0.3, 0.4) is 0 Å². The summed E-state index contributed by atoms with van der Waals surface area (Å²) in [5, 5.41) is 10.5. The minimum atomic E-state index is -0.0879. The minimum Gasteiger partial charge on any atom is -0.486 e. The van der Waals surface area contributed by atoms with E-state index in [4.69, 9.17) is 9.47 Å². The summed E-state index contributed by atoms with van der Waals surface area (Å²) < 4.78 is 11.7. The molecule has 3 heteroatoms. The molecule has 0 spiro atoms. The average Bonchev–Trinajstić information content (AvgIpc) is 2.89. The summed E-state index contributed by atoms with van der Waals surface area (Å²) in [6.45, 7) is 3.67. The van der Waals surface area contributed by atoms with Gasteiger partial charge in [0, 0.05) is 5.56 Å². The van der Waals surface area contributed by atoms with Crippen molar-refractivity contribution in [2.45, 2.75) is 57.5 Å². The molecule has 124 valence electrons. The maximum Gasteiger partial charge on any atom is 0.164 e. The lowest BCUT2D eigenvalue weighted by atomic mass is 9.55. The molecule has 5 rings (SSSR count). The molecule has 0 amide bonds. The molecule has 0 saturated heterocycles. The Morgan fingerprint density at radius 1 is 1.09 bits per heavy atom. The molecule has 1 N–H and O–H groups in total. The van der Waals surface area contributed by atoms with Crippen LogP contribution in [0.15, 0.2) is 12.1 Å². The molecule has 1 heterocycles. The van der Waals surface area contributed by atoms with Crippen molar-refractivity contribution in [2.75, 3.05) is 13.2 Å². The fourth-order valence-electron chi connectivity index (χ4n) is 6.15. The molecule has 0 aromatic heterocycles. The fraction of sp³-hybridized carbons (Fsp3) is 0.700. The van der Waals surface area contributed by atoms with Crippen LogP contribution >= 0.6 is 0 Å². The summed E-state index contributed by atoms with van der Waals surface area (Å²) in [7, 11) is 0. The van der Waals surface area contributed by atoms with Crippen molar-refractivity contribution >= 4 is 0 Å². The molecule has 23 heavy (non-hydrogen) atoms. The van der Waals surface area contributed by atoms with Gasteiger partial charge in [-0.2, -0.15) is 0 Å². The second-order valence-corrected chi connectivity index (χ2v) is 8.21. The molecule has 2 saturated carbocycles. The normalized spacial score (nSPS) is 41.0. The summed E-state index contributed by atoms with van der Waals surface area (Å²) in [4.78, 5) is 0. The van der Waals surface area contributed by atoms with E-state index in [0.717, 1.165) is 36.7 Å². The Hall–Kier alpha value is -1.22. The Balaban J connectivity index is 1.54. The highest BCUT2D eigenvalue weighted by molar-refractivity contribution is 5.54. The Morgan fingerprint density at radius 3 is 2.87 bits per heavy atom. The Morgan fingerprint density at radius 2 is 1.96 bits per heavy atom. The van der Waals surface area contributed by atoms with Crippen LogP contribution in [-0.2, 0) is 6.42 Å². The third-order valence-corrected chi connectivity index (χ3v) is 7.36. The van der Waals surface area contributed by atoms with Crippen molar-refractivity contribution in [1.82, 2.24) is 0 Å².